The van der Waals surface area contributed by atoms with Crippen molar-refractivity contribution in [3.8, 4) is 0 Å². The Morgan fingerprint density at radius 3 is 2.71 bits per heavy atom. The maximum atomic E-state index is 12.4. The predicted octanol–water partition coefficient (Wildman–Crippen LogP) is 0.733. The van der Waals surface area contributed by atoms with E-state index in [1.807, 2.05) is 0 Å². The first-order chi connectivity index (χ1) is 10.0. The van der Waals surface area contributed by atoms with Gasteiger partial charge in [-0.1, -0.05) is 6.92 Å². The van der Waals surface area contributed by atoms with Crippen LogP contribution in [0.25, 0.3) is 0 Å². The van der Waals surface area contributed by atoms with Crippen molar-refractivity contribution < 1.29 is 19.1 Å². The van der Waals surface area contributed by atoms with Crippen molar-refractivity contribution in [1.82, 2.24) is 4.98 Å². The van der Waals surface area contributed by atoms with E-state index < -0.39 is 17.9 Å². The van der Waals surface area contributed by atoms with Gasteiger partial charge in [-0.15, -0.1) is 0 Å². The van der Waals surface area contributed by atoms with E-state index in [0.29, 0.717) is 11.5 Å². The number of rotatable bonds is 3. The number of hydrogen-bond donors (Lipinski definition) is 0. The molecule has 2 heterocycles. The molecule has 0 N–H and O–H groups in total. The Balaban J connectivity index is 2.56. The fourth-order valence-corrected chi connectivity index (χ4v) is 2.25. The van der Waals surface area contributed by atoms with Crippen LogP contribution in [0, 0.1) is 0 Å². The lowest BCUT2D eigenvalue weighted by Gasteiger charge is -2.37. The van der Waals surface area contributed by atoms with Crippen molar-refractivity contribution in [3.05, 3.63) is 18.3 Å². The molecule has 0 aliphatic carbocycles. The van der Waals surface area contributed by atoms with Crippen molar-refractivity contribution >= 4 is 29.3 Å². The first-order valence-corrected chi connectivity index (χ1v) is 6.74. The molecule has 0 fully saturated rings. The number of amides is 2. The van der Waals surface area contributed by atoms with Gasteiger partial charge in [0.2, 0.25) is 11.9 Å². The van der Waals surface area contributed by atoms with Gasteiger partial charge in [0.15, 0.2) is 5.82 Å². The molecule has 0 spiro atoms. The number of anilines is 2. The zero-order valence-electron chi connectivity index (χ0n) is 12.2. The van der Waals surface area contributed by atoms with Gasteiger partial charge in [0.05, 0.1) is 12.3 Å². The molecule has 1 aromatic rings. The molecule has 1 aliphatic rings. The van der Waals surface area contributed by atoms with Crippen molar-refractivity contribution in [2.75, 3.05) is 23.5 Å². The smallest absolute Gasteiger partial charge is 0.339 e. The van der Waals surface area contributed by atoms with Crippen LogP contribution >= 0.6 is 0 Å². The number of fused-ring (bicyclic) bond motifs is 1. The number of likely N-dealkylation sites (N-methyl/N-ethyl adjacent to an activating group) is 1. The summed E-state index contributed by atoms with van der Waals surface area (Å²) >= 11 is 0. The molecule has 7 nitrogen and oxygen atoms in total. The second-order valence-electron chi connectivity index (χ2n) is 4.52. The minimum Gasteiger partial charge on any atom is -0.464 e. The van der Waals surface area contributed by atoms with Gasteiger partial charge in [-0.25, -0.2) is 9.78 Å². The molecular weight excluding hydrogens is 274 g/mol. The summed E-state index contributed by atoms with van der Waals surface area (Å²) in [5, 5.41) is 0. The largest absolute Gasteiger partial charge is 0.464 e. The monoisotopic (exact) mass is 291 g/mol. The lowest BCUT2D eigenvalue weighted by molar-refractivity contribution is -0.149. The van der Waals surface area contributed by atoms with E-state index in [9.17, 15) is 14.4 Å². The predicted molar refractivity (Wildman–Crippen MR) is 75.8 cm³/mol. The highest BCUT2D eigenvalue weighted by atomic mass is 16.5. The van der Waals surface area contributed by atoms with Crippen molar-refractivity contribution in [2.45, 2.75) is 26.3 Å². The van der Waals surface area contributed by atoms with E-state index in [1.54, 1.807) is 26.0 Å². The van der Waals surface area contributed by atoms with E-state index in [2.05, 4.69) is 4.98 Å². The third-order valence-electron chi connectivity index (χ3n) is 3.25. The summed E-state index contributed by atoms with van der Waals surface area (Å²) in [7, 11) is 1.52. The molecule has 0 saturated carbocycles. The molecule has 1 atom stereocenters. The zero-order valence-corrected chi connectivity index (χ0v) is 12.2. The average molecular weight is 291 g/mol. The van der Waals surface area contributed by atoms with Gasteiger partial charge in [0, 0.05) is 19.7 Å². The van der Waals surface area contributed by atoms with E-state index in [-0.39, 0.29) is 18.9 Å². The lowest BCUT2D eigenvalue weighted by atomic mass is 10.1. The second kappa shape index (κ2) is 5.90. The topological polar surface area (TPSA) is 79.8 Å². The number of hydrogen-bond acceptors (Lipinski definition) is 5. The van der Waals surface area contributed by atoms with Crippen molar-refractivity contribution in [3.63, 3.8) is 0 Å². The fraction of sp³-hybridized carbons (Fsp3) is 0.429. The summed E-state index contributed by atoms with van der Waals surface area (Å²) in [6, 6.07) is 2.02. The summed E-state index contributed by atoms with van der Waals surface area (Å²) in [5.41, 5.74) is 0.435. The normalized spacial score (nSPS) is 17.5. The molecule has 21 heavy (non-hydrogen) atoms. The molecule has 1 unspecified atom stereocenters. The van der Waals surface area contributed by atoms with Crippen molar-refractivity contribution in [1.29, 1.82) is 0 Å². The van der Waals surface area contributed by atoms with Crippen molar-refractivity contribution in [2.24, 2.45) is 0 Å². The van der Waals surface area contributed by atoms with Crippen LogP contribution in [0.4, 0.5) is 11.5 Å². The molecule has 1 aliphatic heterocycles. The minimum absolute atomic E-state index is 0.139. The number of esters is 1. The number of aromatic nitrogens is 1. The summed E-state index contributed by atoms with van der Waals surface area (Å²) in [4.78, 5) is 43.3. The van der Waals surface area contributed by atoms with Crippen LogP contribution in [0.15, 0.2) is 18.3 Å². The number of ether oxygens (including phenoxy) is 1. The average Bonchev–Trinajstić information content (AvgIpc) is 2.50. The fourth-order valence-electron chi connectivity index (χ4n) is 2.25. The molecule has 1 aromatic heterocycles. The highest BCUT2D eigenvalue weighted by Gasteiger charge is 2.45. The molecule has 112 valence electrons. The SMILES string of the molecule is CCOC(=O)C1C(=O)N(C)c2ncccc2N1C(=O)CC. The summed E-state index contributed by atoms with van der Waals surface area (Å²) in [6.07, 6.45) is 1.70. The molecule has 2 amide bonds. The standard InChI is InChI=1S/C14H17N3O4/c1-4-10(18)17-9-7-6-8-15-12(9)16(3)13(19)11(17)14(20)21-5-2/h6-8,11H,4-5H2,1-3H3. The first-order valence-electron chi connectivity index (χ1n) is 6.74. The Labute approximate surface area is 122 Å². The van der Waals surface area contributed by atoms with E-state index in [4.69, 9.17) is 4.74 Å². The molecule has 0 bridgehead atoms. The zero-order chi connectivity index (χ0) is 15.6. The van der Waals surface area contributed by atoms with Crippen LogP contribution < -0.4 is 9.80 Å². The van der Waals surface area contributed by atoms with Crippen LogP contribution in [-0.4, -0.2) is 42.5 Å². The second-order valence-corrected chi connectivity index (χ2v) is 4.52. The summed E-state index contributed by atoms with van der Waals surface area (Å²) in [6.45, 7) is 3.46. The number of nitrogens with zero attached hydrogens (tertiary/aromatic N) is 3. The van der Waals surface area contributed by atoms with E-state index >= 15 is 0 Å². The summed E-state index contributed by atoms with van der Waals surface area (Å²) < 4.78 is 4.94. The number of carbonyl (C=O) groups excluding carboxylic acids is 3. The number of carbonyl (C=O) groups is 3. The van der Waals surface area contributed by atoms with Gasteiger partial charge < -0.3 is 4.74 Å². The van der Waals surface area contributed by atoms with Gasteiger partial charge in [-0.3, -0.25) is 19.4 Å². The van der Waals surface area contributed by atoms with E-state index in [1.165, 1.54) is 23.0 Å². The Kier molecular flexibility index (Phi) is 4.21. The highest BCUT2D eigenvalue weighted by Crippen LogP contribution is 2.34. The Hall–Kier alpha value is -2.44. The lowest BCUT2D eigenvalue weighted by Crippen LogP contribution is -2.58. The van der Waals surface area contributed by atoms with Gasteiger partial charge in [-0.2, -0.15) is 0 Å². The highest BCUT2D eigenvalue weighted by molar-refractivity contribution is 6.20. The molecule has 2 rings (SSSR count). The van der Waals surface area contributed by atoms with Gasteiger partial charge in [-0.05, 0) is 19.1 Å². The third-order valence-corrected chi connectivity index (χ3v) is 3.25. The number of pyridine rings is 1. The van der Waals surface area contributed by atoms with Crippen LogP contribution in [-0.2, 0) is 19.1 Å². The molecule has 0 saturated heterocycles. The first kappa shape index (κ1) is 15.0. The minimum atomic E-state index is -1.29. The molecular formula is C14H17N3O4. The van der Waals surface area contributed by atoms with E-state index in [0.717, 1.165) is 0 Å². The Bertz CT molecular complexity index is 587. The summed E-state index contributed by atoms with van der Waals surface area (Å²) in [5.74, 6) is -1.24. The molecule has 0 radical (unpaired) electrons. The molecule has 0 aromatic carbocycles. The maximum Gasteiger partial charge on any atom is 0.339 e. The van der Waals surface area contributed by atoms with Crippen LogP contribution in [0.3, 0.4) is 0 Å². The molecule has 7 heteroatoms. The van der Waals surface area contributed by atoms with Gasteiger partial charge in [0.1, 0.15) is 0 Å². The Morgan fingerprint density at radius 1 is 1.38 bits per heavy atom. The van der Waals surface area contributed by atoms with Gasteiger partial charge in [0.25, 0.3) is 5.91 Å². The Morgan fingerprint density at radius 2 is 2.10 bits per heavy atom. The van der Waals surface area contributed by atoms with Crippen LogP contribution in [0.5, 0.6) is 0 Å². The van der Waals surface area contributed by atoms with Gasteiger partial charge >= 0.3 is 5.97 Å². The van der Waals surface area contributed by atoms with Crippen LogP contribution in [0.2, 0.25) is 0 Å². The quantitative estimate of drug-likeness (QED) is 0.606. The third kappa shape index (κ3) is 2.46. The maximum absolute atomic E-state index is 12.4. The van der Waals surface area contributed by atoms with Crippen LogP contribution in [0.1, 0.15) is 20.3 Å².